The summed E-state index contributed by atoms with van der Waals surface area (Å²) >= 11 is 1.24. The van der Waals surface area contributed by atoms with Crippen molar-refractivity contribution >= 4 is 34.0 Å². The summed E-state index contributed by atoms with van der Waals surface area (Å²) < 4.78 is 0. The monoisotopic (exact) mass is 297 g/mol. The van der Waals surface area contributed by atoms with Crippen LogP contribution in [0.4, 0.5) is 11.5 Å². The van der Waals surface area contributed by atoms with E-state index in [0.717, 1.165) is 15.7 Å². The van der Waals surface area contributed by atoms with Gasteiger partial charge in [-0.3, -0.25) is 10.1 Å². The van der Waals surface area contributed by atoms with Crippen LogP contribution in [0.25, 0.3) is 10.8 Å². The first-order valence-electron chi connectivity index (χ1n) is 6.21. The maximum atomic E-state index is 11.0. The number of nitrogens with zero attached hydrogens (tertiary/aromatic N) is 2. The first-order valence-corrected chi connectivity index (χ1v) is 7.03. The average Bonchev–Trinajstić information content (AvgIpc) is 2.47. The van der Waals surface area contributed by atoms with E-state index < -0.39 is 4.92 Å². The van der Waals surface area contributed by atoms with Gasteiger partial charge in [0.15, 0.2) is 5.03 Å². The lowest BCUT2D eigenvalue weighted by molar-refractivity contribution is -0.388. The zero-order valence-corrected chi connectivity index (χ0v) is 11.7. The van der Waals surface area contributed by atoms with Crippen molar-refractivity contribution in [1.82, 2.24) is 4.98 Å². The van der Waals surface area contributed by atoms with E-state index in [-0.39, 0.29) is 11.5 Å². The summed E-state index contributed by atoms with van der Waals surface area (Å²) in [6, 6.07) is 16.6. The Bertz CT molecular complexity index is 836. The Labute approximate surface area is 125 Å². The number of aromatic nitrogens is 1. The van der Waals surface area contributed by atoms with Gasteiger partial charge in [-0.05, 0) is 29.0 Å². The molecular formula is C15H11N3O2S. The molecule has 5 nitrogen and oxygen atoms in total. The van der Waals surface area contributed by atoms with Crippen molar-refractivity contribution < 1.29 is 4.92 Å². The molecule has 0 aliphatic rings. The minimum atomic E-state index is -0.449. The molecule has 2 N–H and O–H groups in total. The second-order valence-electron chi connectivity index (χ2n) is 4.43. The lowest BCUT2D eigenvalue weighted by Gasteiger charge is -2.05. The lowest BCUT2D eigenvalue weighted by atomic mass is 10.1. The third kappa shape index (κ3) is 2.80. The molecule has 0 bridgehead atoms. The number of hydrogen-bond donors (Lipinski definition) is 1. The second-order valence-corrected chi connectivity index (χ2v) is 5.49. The van der Waals surface area contributed by atoms with Gasteiger partial charge >= 0.3 is 5.69 Å². The lowest BCUT2D eigenvalue weighted by Crippen LogP contribution is -1.97. The predicted molar refractivity (Wildman–Crippen MR) is 83.4 cm³/mol. The normalized spacial score (nSPS) is 10.7. The van der Waals surface area contributed by atoms with Gasteiger partial charge in [-0.25, -0.2) is 4.98 Å². The molecular weight excluding hydrogens is 286 g/mol. The van der Waals surface area contributed by atoms with Gasteiger partial charge in [0.25, 0.3) is 0 Å². The number of hydrogen-bond acceptors (Lipinski definition) is 5. The van der Waals surface area contributed by atoms with E-state index >= 15 is 0 Å². The molecule has 6 heteroatoms. The summed E-state index contributed by atoms with van der Waals surface area (Å²) in [7, 11) is 0. The molecule has 0 radical (unpaired) electrons. The van der Waals surface area contributed by atoms with Crippen LogP contribution in [0.5, 0.6) is 0 Å². The van der Waals surface area contributed by atoms with E-state index in [2.05, 4.69) is 4.98 Å². The highest BCUT2D eigenvalue weighted by Crippen LogP contribution is 2.34. The molecule has 2 aromatic carbocycles. The van der Waals surface area contributed by atoms with Crippen LogP contribution in [0.3, 0.4) is 0 Å². The van der Waals surface area contributed by atoms with Crippen LogP contribution in [-0.4, -0.2) is 9.91 Å². The van der Waals surface area contributed by atoms with Gasteiger partial charge in [-0.1, -0.05) is 42.1 Å². The summed E-state index contributed by atoms with van der Waals surface area (Å²) in [4.78, 5) is 15.6. The van der Waals surface area contributed by atoms with Crippen molar-refractivity contribution in [2.24, 2.45) is 0 Å². The zero-order valence-electron chi connectivity index (χ0n) is 10.9. The van der Waals surface area contributed by atoms with Crippen LogP contribution in [0.1, 0.15) is 0 Å². The molecule has 104 valence electrons. The fourth-order valence-corrected chi connectivity index (χ4v) is 2.95. The van der Waals surface area contributed by atoms with Gasteiger partial charge in [0.05, 0.1) is 4.92 Å². The molecule has 1 heterocycles. The summed E-state index contributed by atoms with van der Waals surface area (Å²) in [6.07, 6.45) is 0. The summed E-state index contributed by atoms with van der Waals surface area (Å²) in [5.74, 6) is 0.267. The van der Waals surface area contributed by atoms with Crippen LogP contribution in [0, 0.1) is 10.1 Å². The number of pyridine rings is 1. The molecule has 0 aliphatic heterocycles. The zero-order chi connectivity index (χ0) is 14.8. The predicted octanol–water partition coefficient (Wildman–Crippen LogP) is 3.88. The molecule has 21 heavy (non-hydrogen) atoms. The SMILES string of the molecule is Nc1ccc([N+](=O)[O-])c(Sc2ccc3ccccc3c2)n1. The van der Waals surface area contributed by atoms with E-state index in [0.29, 0.717) is 5.03 Å². The van der Waals surface area contributed by atoms with Crippen molar-refractivity contribution in [3.05, 3.63) is 64.7 Å². The molecule has 0 fully saturated rings. The van der Waals surface area contributed by atoms with Crippen molar-refractivity contribution in [3.63, 3.8) is 0 Å². The Morgan fingerprint density at radius 2 is 1.81 bits per heavy atom. The van der Waals surface area contributed by atoms with Gasteiger partial charge in [-0.15, -0.1) is 0 Å². The largest absolute Gasteiger partial charge is 0.384 e. The summed E-state index contributed by atoms with van der Waals surface area (Å²) in [5, 5.41) is 13.5. The fourth-order valence-electron chi connectivity index (χ4n) is 2.00. The van der Waals surface area contributed by atoms with Gasteiger partial charge in [0.2, 0.25) is 0 Å². The number of nitrogen functional groups attached to an aromatic ring is 1. The Kier molecular flexibility index (Phi) is 3.45. The van der Waals surface area contributed by atoms with Crippen molar-refractivity contribution in [1.29, 1.82) is 0 Å². The summed E-state index contributed by atoms with van der Waals surface area (Å²) in [6.45, 7) is 0. The number of fused-ring (bicyclic) bond motifs is 1. The molecule has 0 atom stereocenters. The first-order chi connectivity index (χ1) is 10.1. The minimum absolute atomic E-state index is 0.0395. The quantitative estimate of drug-likeness (QED) is 0.586. The van der Waals surface area contributed by atoms with Crippen LogP contribution >= 0.6 is 11.8 Å². The maximum absolute atomic E-state index is 11.0. The molecule has 3 rings (SSSR count). The van der Waals surface area contributed by atoms with Crippen LogP contribution in [-0.2, 0) is 0 Å². The molecule has 1 aromatic heterocycles. The first kappa shape index (κ1) is 13.4. The van der Waals surface area contributed by atoms with Crippen molar-refractivity contribution in [2.45, 2.75) is 9.92 Å². The average molecular weight is 297 g/mol. The Hall–Kier alpha value is -2.60. The standard InChI is InChI=1S/C15H11N3O2S/c16-14-8-7-13(18(19)20)15(17-14)21-12-6-5-10-3-1-2-4-11(10)9-12/h1-9H,(H2,16,17). The smallest absolute Gasteiger partial charge is 0.301 e. The number of anilines is 1. The van der Waals surface area contributed by atoms with Gasteiger partial charge in [-0.2, -0.15) is 0 Å². The number of nitrogens with two attached hydrogens (primary N) is 1. The highest BCUT2D eigenvalue weighted by Gasteiger charge is 2.16. The van der Waals surface area contributed by atoms with E-state index in [1.165, 1.54) is 23.9 Å². The van der Waals surface area contributed by atoms with Crippen LogP contribution in [0.2, 0.25) is 0 Å². The molecule has 0 unspecified atom stereocenters. The third-order valence-electron chi connectivity index (χ3n) is 2.99. The van der Waals surface area contributed by atoms with E-state index in [1.807, 2.05) is 42.5 Å². The molecule has 0 saturated heterocycles. The highest BCUT2D eigenvalue weighted by molar-refractivity contribution is 7.99. The molecule has 3 aromatic rings. The molecule has 0 aliphatic carbocycles. The number of rotatable bonds is 3. The van der Waals surface area contributed by atoms with Crippen molar-refractivity contribution in [3.8, 4) is 0 Å². The highest BCUT2D eigenvalue weighted by atomic mass is 32.2. The van der Waals surface area contributed by atoms with E-state index in [9.17, 15) is 10.1 Å². The van der Waals surface area contributed by atoms with Gasteiger partial charge in [0, 0.05) is 11.0 Å². The summed E-state index contributed by atoms with van der Waals surface area (Å²) in [5.41, 5.74) is 5.59. The van der Waals surface area contributed by atoms with E-state index in [4.69, 9.17) is 5.73 Å². The van der Waals surface area contributed by atoms with E-state index in [1.54, 1.807) is 0 Å². The Morgan fingerprint density at radius 3 is 2.57 bits per heavy atom. The molecule has 0 saturated carbocycles. The Balaban J connectivity index is 2.02. The molecule has 0 spiro atoms. The Morgan fingerprint density at radius 1 is 1.05 bits per heavy atom. The fraction of sp³-hybridized carbons (Fsp3) is 0. The topological polar surface area (TPSA) is 82.0 Å². The molecule has 0 amide bonds. The number of benzene rings is 2. The second kappa shape index (κ2) is 5.41. The minimum Gasteiger partial charge on any atom is -0.384 e. The number of nitro groups is 1. The van der Waals surface area contributed by atoms with Crippen LogP contribution < -0.4 is 5.73 Å². The van der Waals surface area contributed by atoms with Gasteiger partial charge < -0.3 is 5.73 Å². The van der Waals surface area contributed by atoms with Crippen molar-refractivity contribution in [2.75, 3.05) is 5.73 Å². The maximum Gasteiger partial charge on any atom is 0.301 e. The van der Waals surface area contributed by atoms with Gasteiger partial charge in [0.1, 0.15) is 5.82 Å². The van der Waals surface area contributed by atoms with Crippen LogP contribution in [0.15, 0.2) is 64.5 Å². The third-order valence-corrected chi connectivity index (χ3v) is 3.98.